The number of amides is 1. The average Bonchev–Trinajstić information content (AvgIpc) is 3.11. The first-order valence-corrected chi connectivity index (χ1v) is 9.34. The maximum absolute atomic E-state index is 11.9. The van der Waals surface area contributed by atoms with E-state index in [1.807, 2.05) is 13.8 Å². The monoisotopic (exact) mass is 357 g/mol. The van der Waals surface area contributed by atoms with E-state index in [0.29, 0.717) is 19.4 Å². The number of carbonyl (C=O) groups excluding carboxylic acids is 1. The number of nitrogens with zero attached hydrogens (tertiary/aromatic N) is 1. The Morgan fingerprint density at radius 2 is 2.09 bits per heavy atom. The zero-order valence-corrected chi connectivity index (χ0v) is 14.8. The minimum absolute atomic E-state index is 0.101. The summed E-state index contributed by atoms with van der Waals surface area (Å²) >= 11 is 1.14. The number of nitrogens with one attached hydrogen (secondary N) is 2. The molecule has 0 aliphatic carbocycles. The Hall–Kier alpha value is -1.71. The van der Waals surface area contributed by atoms with Gasteiger partial charge in [-0.25, -0.2) is 13.1 Å². The van der Waals surface area contributed by atoms with Crippen molar-refractivity contribution in [3.8, 4) is 0 Å². The van der Waals surface area contributed by atoms with Crippen LogP contribution in [0.4, 0.5) is 0 Å². The van der Waals surface area contributed by atoms with Crippen LogP contribution in [0.25, 0.3) is 0 Å². The fourth-order valence-electron chi connectivity index (χ4n) is 2.07. The number of aromatic nitrogens is 1. The number of rotatable bonds is 7. The van der Waals surface area contributed by atoms with Gasteiger partial charge in [-0.15, -0.1) is 11.3 Å². The number of thiophene rings is 1. The van der Waals surface area contributed by atoms with Crippen LogP contribution in [-0.2, 0) is 27.8 Å². The van der Waals surface area contributed by atoms with Crippen LogP contribution in [0.3, 0.4) is 0 Å². The summed E-state index contributed by atoms with van der Waals surface area (Å²) < 4.78 is 30.9. The Balaban J connectivity index is 1.85. The zero-order valence-electron chi connectivity index (χ0n) is 13.2. The Morgan fingerprint density at radius 1 is 1.35 bits per heavy atom. The van der Waals surface area contributed by atoms with Crippen LogP contribution in [0.2, 0.25) is 0 Å². The molecule has 0 saturated heterocycles. The van der Waals surface area contributed by atoms with Gasteiger partial charge in [-0.3, -0.25) is 4.79 Å². The van der Waals surface area contributed by atoms with Crippen LogP contribution in [0.1, 0.15) is 28.3 Å². The van der Waals surface area contributed by atoms with Crippen molar-refractivity contribution in [2.24, 2.45) is 0 Å². The first-order valence-electron chi connectivity index (χ1n) is 7.04. The average molecular weight is 357 g/mol. The molecule has 0 fully saturated rings. The Kier molecular flexibility index (Phi) is 5.55. The molecule has 9 heteroatoms. The highest BCUT2D eigenvalue weighted by Gasteiger charge is 2.15. The van der Waals surface area contributed by atoms with Crippen LogP contribution in [0.5, 0.6) is 0 Å². The lowest BCUT2D eigenvalue weighted by Crippen LogP contribution is -2.22. The summed E-state index contributed by atoms with van der Waals surface area (Å²) in [6.45, 7) is 3.98. The van der Waals surface area contributed by atoms with E-state index in [-0.39, 0.29) is 10.1 Å². The number of hydrogen-bond donors (Lipinski definition) is 2. The quantitative estimate of drug-likeness (QED) is 0.782. The molecule has 0 aliphatic rings. The molecular weight excluding hydrogens is 338 g/mol. The molecule has 2 aromatic heterocycles. The predicted octanol–water partition coefficient (Wildman–Crippen LogP) is 1.51. The van der Waals surface area contributed by atoms with Crippen LogP contribution in [-0.4, -0.2) is 26.5 Å². The van der Waals surface area contributed by atoms with E-state index in [2.05, 4.69) is 15.2 Å². The molecule has 0 unspecified atom stereocenters. The molecule has 0 aliphatic heterocycles. The summed E-state index contributed by atoms with van der Waals surface area (Å²) in [6.07, 6.45) is 0.896. The molecule has 0 atom stereocenters. The molecule has 2 rings (SSSR count). The van der Waals surface area contributed by atoms with Crippen LogP contribution in [0, 0.1) is 13.8 Å². The molecule has 0 aromatic carbocycles. The lowest BCUT2D eigenvalue weighted by molar-refractivity contribution is -0.121. The lowest BCUT2D eigenvalue weighted by Gasteiger charge is -2.03. The highest BCUT2D eigenvalue weighted by molar-refractivity contribution is 7.91. The lowest BCUT2D eigenvalue weighted by atomic mass is 10.1. The van der Waals surface area contributed by atoms with Gasteiger partial charge in [-0.1, -0.05) is 5.16 Å². The Morgan fingerprint density at radius 3 is 2.70 bits per heavy atom. The smallest absolute Gasteiger partial charge is 0.249 e. The first kappa shape index (κ1) is 17.6. The van der Waals surface area contributed by atoms with E-state index in [9.17, 15) is 13.2 Å². The second kappa shape index (κ2) is 7.24. The summed E-state index contributed by atoms with van der Waals surface area (Å²) in [5.74, 6) is 0.631. The van der Waals surface area contributed by atoms with Crippen molar-refractivity contribution in [2.75, 3.05) is 7.05 Å². The van der Waals surface area contributed by atoms with E-state index in [1.54, 1.807) is 6.07 Å². The topological polar surface area (TPSA) is 101 Å². The summed E-state index contributed by atoms with van der Waals surface area (Å²) in [6, 6.07) is 3.23. The van der Waals surface area contributed by atoms with Gasteiger partial charge in [0.25, 0.3) is 0 Å². The van der Waals surface area contributed by atoms with Crippen molar-refractivity contribution in [3.63, 3.8) is 0 Å². The van der Waals surface area contributed by atoms with Crippen LogP contribution in [0.15, 0.2) is 20.9 Å². The van der Waals surface area contributed by atoms with Crippen molar-refractivity contribution in [1.29, 1.82) is 0 Å². The van der Waals surface area contributed by atoms with E-state index >= 15 is 0 Å². The molecule has 0 saturated carbocycles. The number of hydrogen-bond acceptors (Lipinski definition) is 6. The molecule has 2 N–H and O–H groups in total. The van der Waals surface area contributed by atoms with Gasteiger partial charge in [0.15, 0.2) is 0 Å². The normalized spacial score (nSPS) is 11.6. The fourth-order valence-corrected chi connectivity index (χ4v) is 4.20. The molecule has 2 heterocycles. The third-order valence-electron chi connectivity index (χ3n) is 3.41. The molecule has 0 radical (unpaired) electrons. The van der Waals surface area contributed by atoms with E-state index in [4.69, 9.17) is 4.52 Å². The molecule has 7 nitrogen and oxygen atoms in total. The van der Waals surface area contributed by atoms with Crippen molar-refractivity contribution in [2.45, 2.75) is 37.4 Å². The highest BCUT2D eigenvalue weighted by atomic mass is 32.2. The summed E-state index contributed by atoms with van der Waals surface area (Å²) in [7, 11) is -2.06. The molecule has 0 bridgehead atoms. The van der Waals surface area contributed by atoms with E-state index < -0.39 is 10.0 Å². The van der Waals surface area contributed by atoms with Gasteiger partial charge < -0.3 is 9.84 Å². The Bertz CT molecular complexity index is 773. The van der Waals surface area contributed by atoms with Gasteiger partial charge in [-0.2, -0.15) is 0 Å². The van der Waals surface area contributed by atoms with Gasteiger partial charge in [-0.05, 0) is 39.4 Å². The number of carbonyl (C=O) groups is 1. The zero-order chi connectivity index (χ0) is 17.0. The summed E-state index contributed by atoms with van der Waals surface area (Å²) in [4.78, 5) is 12.7. The van der Waals surface area contributed by atoms with E-state index in [0.717, 1.165) is 33.2 Å². The van der Waals surface area contributed by atoms with Crippen LogP contribution >= 0.6 is 11.3 Å². The van der Waals surface area contributed by atoms with Crippen molar-refractivity contribution < 1.29 is 17.7 Å². The second-order valence-electron chi connectivity index (χ2n) is 5.01. The molecule has 1 amide bonds. The minimum Gasteiger partial charge on any atom is -0.361 e. The third kappa shape index (κ3) is 4.40. The molecule has 126 valence electrons. The Labute approximate surface area is 139 Å². The maximum atomic E-state index is 11.9. The predicted molar refractivity (Wildman–Crippen MR) is 86.7 cm³/mol. The number of aryl methyl sites for hydroxylation is 2. The van der Waals surface area contributed by atoms with Gasteiger partial charge >= 0.3 is 0 Å². The SMILES string of the molecule is CNS(=O)(=O)c1ccc(CNC(=O)CCc2c(C)noc2C)s1. The summed E-state index contributed by atoms with van der Waals surface area (Å²) in [5.41, 5.74) is 1.76. The van der Waals surface area contributed by atoms with Gasteiger partial charge in [0.2, 0.25) is 15.9 Å². The van der Waals surface area contributed by atoms with Gasteiger partial charge in [0.1, 0.15) is 9.97 Å². The molecule has 23 heavy (non-hydrogen) atoms. The van der Waals surface area contributed by atoms with Crippen molar-refractivity contribution >= 4 is 27.3 Å². The molecule has 0 spiro atoms. The summed E-state index contributed by atoms with van der Waals surface area (Å²) in [5, 5.41) is 6.64. The standard InChI is InChI=1S/C14H19N3O4S2/c1-9-12(10(2)21-17-9)5-6-13(18)16-8-11-4-7-14(22-11)23(19,20)15-3/h4,7,15H,5-6,8H2,1-3H3,(H,16,18). The maximum Gasteiger partial charge on any atom is 0.249 e. The van der Waals surface area contributed by atoms with E-state index in [1.165, 1.54) is 13.1 Å². The third-order valence-corrected chi connectivity index (χ3v) is 6.41. The van der Waals surface area contributed by atoms with Gasteiger partial charge in [0.05, 0.1) is 12.2 Å². The molecule has 2 aromatic rings. The van der Waals surface area contributed by atoms with Crippen molar-refractivity contribution in [1.82, 2.24) is 15.2 Å². The van der Waals surface area contributed by atoms with Crippen LogP contribution < -0.4 is 10.0 Å². The first-order chi connectivity index (χ1) is 10.8. The molecular formula is C14H19N3O4S2. The minimum atomic E-state index is -3.43. The number of sulfonamides is 1. The second-order valence-corrected chi connectivity index (χ2v) is 8.29. The highest BCUT2D eigenvalue weighted by Crippen LogP contribution is 2.21. The van der Waals surface area contributed by atoms with Gasteiger partial charge in [0, 0.05) is 16.9 Å². The van der Waals surface area contributed by atoms with Crippen molar-refractivity contribution in [3.05, 3.63) is 34.0 Å². The fraction of sp³-hybridized carbons (Fsp3) is 0.429. The largest absolute Gasteiger partial charge is 0.361 e.